The average Bonchev–Trinajstić information content (AvgIpc) is 2.59. The molecule has 0 fully saturated rings. The predicted octanol–water partition coefficient (Wildman–Crippen LogP) is 2.93. The Morgan fingerprint density at radius 2 is 1.83 bits per heavy atom. The van der Waals surface area contributed by atoms with Crippen molar-refractivity contribution in [3.05, 3.63) is 54.1 Å². The molecule has 5 nitrogen and oxygen atoms in total. The number of rotatable bonds is 6. The van der Waals surface area contributed by atoms with Crippen molar-refractivity contribution in [3.8, 4) is 5.75 Å². The third kappa shape index (κ3) is 4.59. The van der Waals surface area contributed by atoms with Gasteiger partial charge in [-0.05, 0) is 41.5 Å². The minimum Gasteiger partial charge on any atom is -0.497 e. The molecule has 0 radical (unpaired) electrons. The highest BCUT2D eigenvalue weighted by atomic mass is 16.5. The number of hydrogen-bond acceptors (Lipinski definition) is 4. The van der Waals surface area contributed by atoms with Gasteiger partial charge in [0.15, 0.2) is 6.61 Å². The molecule has 24 heavy (non-hydrogen) atoms. The molecule has 2 aromatic rings. The summed E-state index contributed by atoms with van der Waals surface area (Å²) in [5, 5.41) is 2.15. The lowest BCUT2D eigenvalue weighted by Crippen LogP contribution is -2.30. The molecule has 0 spiro atoms. The summed E-state index contributed by atoms with van der Waals surface area (Å²) in [6.45, 7) is 1.90. The first-order valence-electron chi connectivity index (χ1n) is 7.63. The number of ether oxygens (including phenoxy) is 2. The molecule has 2 rings (SSSR count). The molecule has 5 heteroatoms. The Balaban J connectivity index is 2.00. The van der Waals surface area contributed by atoms with Crippen LogP contribution in [-0.2, 0) is 20.9 Å². The van der Waals surface area contributed by atoms with Crippen LogP contribution in [0.4, 0.5) is 0 Å². The largest absolute Gasteiger partial charge is 0.497 e. The molecule has 0 aliphatic carbocycles. The summed E-state index contributed by atoms with van der Waals surface area (Å²) in [5.41, 5.74) is 1.00. The second-order valence-corrected chi connectivity index (χ2v) is 5.40. The van der Waals surface area contributed by atoms with Gasteiger partial charge in [-0.3, -0.25) is 4.79 Å². The van der Waals surface area contributed by atoms with Crippen molar-refractivity contribution in [3.63, 3.8) is 0 Å². The Morgan fingerprint density at radius 1 is 1.12 bits per heavy atom. The highest BCUT2D eigenvalue weighted by Gasteiger charge is 2.11. The van der Waals surface area contributed by atoms with Crippen molar-refractivity contribution < 1.29 is 19.1 Å². The summed E-state index contributed by atoms with van der Waals surface area (Å²) in [7, 11) is 3.32. The topological polar surface area (TPSA) is 55.8 Å². The van der Waals surface area contributed by atoms with Crippen LogP contribution >= 0.6 is 0 Å². The van der Waals surface area contributed by atoms with E-state index in [1.807, 2.05) is 36.4 Å². The van der Waals surface area contributed by atoms with E-state index in [-0.39, 0.29) is 12.5 Å². The number of carbonyl (C=O) groups is 2. The van der Waals surface area contributed by atoms with E-state index in [0.717, 1.165) is 22.1 Å². The van der Waals surface area contributed by atoms with E-state index in [1.54, 1.807) is 27.2 Å². The average molecular weight is 327 g/mol. The minimum absolute atomic E-state index is 0.248. The maximum absolute atomic E-state index is 12.0. The van der Waals surface area contributed by atoms with Gasteiger partial charge in [-0.25, -0.2) is 4.79 Å². The maximum atomic E-state index is 12.0. The standard InChI is InChI=1S/C19H21NO4/c1-4-5-19(22)24-13-18(21)20(2)12-14-6-7-16-11-17(23-3)9-8-15(16)10-14/h4-11H,12-13H2,1-3H3/b5-4+. The SMILES string of the molecule is C/C=C/C(=O)OCC(=O)N(C)Cc1ccc2cc(OC)ccc2c1. The summed E-state index contributed by atoms with van der Waals surface area (Å²) in [4.78, 5) is 24.8. The first kappa shape index (κ1) is 17.5. The Morgan fingerprint density at radius 3 is 2.54 bits per heavy atom. The number of carbonyl (C=O) groups excluding carboxylic acids is 2. The first-order chi connectivity index (χ1) is 11.5. The Kier molecular flexibility index (Phi) is 5.95. The minimum atomic E-state index is -0.515. The number of allylic oxidation sites excluding steroid dienone is 1. The summed E-state index contributed by atoms with van der Waals surface area (Å²) in [6.07, 6.45) is 2.85. The molecule has 0 aliphatic rings. The van der Waals surface area contributed by atoms with Gasteiger partial charge < -0.3 is 14.4 Å². The molecule has 0 aliphatic heterocycles. The van der Waals surface area contributed by atoms with E-state index in [1.165, 1.54) is 11.0 Å². The maximum Gasteiger partial charge on any atom is 0.330 e. The summed E-state index contributed by atoms with van der Waals surface area (Å²) in [5.74, 6) is 0.0482. The van der Waals surface area contributed by atoms with Crippen molar-refractivity contribution in [1.29, 1.82) is 0 Å². The van der Waals surface area contributed by atoms with E-state index in [0.29, 0.717) is 6.54 Å². The van der Waals surface area contributed by atoms with Crippen molar-refractivity contribution in [2.75, 3.05) is 20.8 Å². The van der Waals surface area contributed by atoms with E-state index >= 15 is 0 Å². The molecule has 1 amide bonds. The molecule has 0 N–H and O–H groups in total. The highest BCUT2D eigenvalue weighted by molar-refractivity contribution is 5.86. The van der Waals surface area contributed by atoms with Gasteiger partial charge in [0.05, 0.1) is 7.11 Å². The third-order valence-corrected chi connectivity index (χ3v) is 3.60. The molecule has 126 valence electrons. The molecule has 0 aromatic heterocycles. The van der Waals surface area contributed by atoms with Crippen molar-refractivity contribution in [2.24, 2.45) is 0 Å². The van der Waals surface area contributed by atoms with Crippen LogP contribution in [0.15, 0.2) is 48.6 Å². The number of methoxy groups -OCH3 is 1. The summed E-state index contributed by atoms with van der Waals surface area (Å²) >= 11 is 0. The van der Waals surface area contributed by atoms with Crippen LogP contribution in [0.3, 0.4) is 0 Å². The van der Waals surface area contributed by atoms with Gasteiger partial charge in [0, 0.05) is 19.7 Å². The molecule has 2 aromatic carbocycles. The van der Waals surface area contributed by atoms with E-state index < -0.39 is 5.97 Å². The number of likely N-dealkylation sites (N-methyl/N-ethyl adjacent to an activating group) is 1. The second kappa shape index (κ2) is 8.15. The number of fused-ring (bicyclic) bond motifs is 1. The van der Waals surface area contributed by atoms with Crippen LogP contribution in [-0.4, -0.2) is 37.5 Å². The lowest BCUT2D eigenvalue weighted by molar-refractivity contribution is -0.147. The van der Waals surface area contributed by atoms with Crippen molar-refractivity contribution in [2.45, 2.75) is 13.5 Å². The normalized spacial score (nSPS) is 10.8. The Bertz CT molecular complexity index is 767. The van der Waals surface area contributed by atoms with Crippen molar-refractivity contribution >= 4 is 22.6 Å². The zero-order valence-corrected chi connectivity index (χ0v) is 14.1. The van der Waals surface area contributed by atoms with E-state index in [9.17, 15) is 9.59 Å². The van der Waals surface area contributed by atoms with E-state index in [2.05, 4.69) is 0 Å². The fourth-order valence-corrected chi connectivity index (χ4v) is 2.29. The van der Waals surface area contributed by atoms with Crippen LogP contribution in [0.1, 0.15) is 12.5 Å². The molecule has 0 unspecified atom stereocenters. The third-order valence-electron chi connectivity index (χ3n) is 3.60. The smallest absolute Gasteiger partial charge is 0.330 e. The molecular weight excluding hydrogens is 306 g/mol. The Labute approximate surface area is 141 Å². The monoisotopic (exact) mass is 327 g/mol. The molecule has 0 heterocycles. The number of amides is 1. The summed E-state index contributed by atoms with van der Waals surface area (Å²) < 4.78 is 10.1. The van der Waals surface area contributed by atoms with E-state index in [4.69, 9.17) is 9.47 Å². The number of esters is 1. The second-order valence-electron chi connectivity index (χ2n) is 5.40. The lowest BCUT2D eigenvalue weighted by Gasteiger charge is -2.17. The van der Waals surface area contributed by atoms with Gasteiger partial charge >= 0.3 is 5.97 Å². The number of nitrogens with zero attached hydrogens (tertiary/aromatic N) is 1. The molecule has 0 atom stereocenters. The number of hydrogen-bond donors (Lipinski definition) is 0. The van der Waals surface area contributed by atoms with Crippen LogP contribution in [0.25, 0.3) is 10.8 Å². The fourth-order valence-electron chi connectivity index (χ4n) is 2.29. The molecular formula is C19H21NO4. The van der Waals surface area contributed by atoms with Gasteiger partial charge in [0.1, 0.15) is 5.75 Å². The first-order valence-corrected chi connectivity index (χ1v) is 7.63. The Hall–Kier alpha value is -2.82. The van der Waals surface area contributed by atoms with Crippen LogP contribution in [0.2, 0.25) is 0 Å². The van der Waals surface area contributed by atoms with Gasteiger partial charge in [0.2, 0.25) is 0 Å². The van der Waals surface area contributed by atoms with Gasteiger partial charge in [0.25, 0.3) is 5.91 Å². The summed E-state index contributed by atoms with van der Waals surface area (Å²) in [6, 6.07) is 11.9. The lowest BCUT2D eigenvalue weighted by atomic mass is 10.1. The highest BCUT2D eigenvalue weighted by Crippen LogP contribution is 2.22. The molecule has 0 saturated carbocycles. The zero-order valence-electron chi connectivity index (χ0n) is 14.1. The van der Waals surface area contributed by atoms with Crippen LogP contribution < -0.4 is 4.74 Å². The van der Waals surface area contributed by atoms with Crippen molar-refractivity contribution in [1.82, 2.24) is 4.90 Å². The fraction of sp³-hybridized carbons (Fsp3) is 0.263. The van der Waals surface area contributed by atoms with Gasteiger partial charge in [-0.15, -0.1) is 0 Å². The van der Waals surface area contributed by atoms with Gasteiger partial charge in [-0.2, -0.15) is 0 Å². The van der Waals surface area contributed by atoms with Crippen LogP contribution in [0, 0.1) is 0 Å². The molecule has 0 bridgehead atoms. The molecule has 0 saturated heterocycles. The zero-order chi connectivity index (χ0) is 17.5. The van der Waals surface area contributed by atoms with Crippen LogP contribution in [0.5, 0.6) is 5.75 Å². The number of benzene rings is 2. The van der Waals surface area contributed by atoms with Gasteiger partial charge in [-0.1, -0.05) is 24.3 Å². The quantitative estimate of drug-likeness (QED) is 0.605. The predicted molar refractivity (Wildman–Crippen MR) is 92.7 cm³/mol.